The molecule has 94 valence electrons. The van der Waals surface area contributed by atoms with Crippen molar-refractivity contribution in [1.29, 1.82) is 0 Å². The maximum atomic E-state index is 13.0. The van der Waals surface area contributed by atoms with Crippen LogP contribution in [0, 0.1) is 18.7 Å². The lowest BCUT2D eigenvalue weighted by Gasteiger charge is -2.28. The summed E-state index contributed by atoms with van der Waals surface area (Å²) < 4.78 is 18.3. The van der Waals surface area contributed by atoms with Gasteiger partial charge in [0.2, 0.25) is 0 Å². The maximum Gasteiger partial charge on any atom is 0.123 e. The van der Waals surface area contributed by atoms with Gasteiger partial charge in [-0.3, -0.25) is 0 Å². The molecule has 2 N–H and O–H groups in total. The van der Waals surface area contributed by atoms with Crippen LogP contribution in [0.25, 0.3) is 0 Å². The SMILES string of the molecule is Cc1cc(F)ccc1CC(N)C1CCOCC1. The van der Waals surface area contributed by atoms with Crippen molar-refractivity contribution in [2.75, 3.05) is 13.2 Å². The smallest absolute Gasteiger partial charge is 0.123 e. The summed E-state index contributed by atoms with van der Waals surface area (Å²) in [7, 11) is 0. The summed E-state index contributed by atoms with van der Waals surface area (Å²) in [5.74, 6) is 0.360. The minimum absolute atomic E-state index is 0.156. The molecule has 0 aromatic heterocycles. The molecule has 1 aliphatic heterocycles. The first-order chi connectivity index (χ1) is 8.16. The van der Waals surface area contributed by atoms with Crippen molar-refractivity contribution in [3.05, 3.63) is 35.1 Å². The predicted octanol–water partition coefficient (Wildman–Crippen LogP) is 2.43. The molecule has 0 aliphatic carbocycles. The van der Waals surface area contributed by atoms with E-state index < -0.39 is 0 Å². The fourth-order valence-electron chi connectivity index (χ4n) is 2.45. The molecule has 0 bridgehead atoms. The van der Waals surface area contributed by atoms with Crippen LogP contribution in [0.1, 0.15) is 24.0 Å². The molecule has 1 aliphatic rings. The van der Waals surface area contributed by atoms with Gasteiger partial charge in [0, 0.05) is 19.3 Å². The van der Waals surface area contributed by atoms with Crippen molar-refractivity contribution in [3.8, 4) is 0 Å². The monoisotopic (exact) mass is 237 g/mol. The highest BCUT2D eigenvalue weighted by atomic mass is 19.1. The first-order valence-electron chi connectivity index (χ1n) is 6.25. The van der Waals surface area contributed by atoms with Crippen molar-refractivity contribution < 1.29 is 9.13 Å². The molecule has 1 aromatic carbocycles. The Balaban J connectivity index is 1.99. The van der Waals surface area contributed by atoms with Crippen LogP contribution in [0.5, 0.6) is 0 Å². The summed E-state index contributed by atoms with van der Waals surface area (Å²) in [5, 5.41) is 0. The summed E-state index contributed by atoms with van der Waals surface area (Å²) in [6.07, 6.45) is 2.92. The molecule has 2 nitrogen and oxygen atoms in total. The molecule has 17 heavy (non-hydrogen) atoms. The van der Waals surface area contributed by atoms with Crippen molar-refractivity contribution >= 4 is 0 Å². The van der Waals surface area contributed by atoms with Crippen molar-refractivity contribution in [1.82, 2.24) is 0 Å². The molecule has 1 aromatic rings. The van der Waals surface area contributed by atoms with Gasteiger partial charge in [-0.2, -0.15) is 0 Å². The van der Waals surface area contributed by atoms with E-state index in [1.54, 1.807) is 6.07 Å². The zero-order valence-electron chi connectivity index (χ0n) is 10.3. The third-order valence-electron chi connectivity index (χ3n) is 3.63. The molecule has 0 saturated carbocycles. The summed E-state index contributed by atoms with van der Waals surface area (Å²) >= 11 is 0. The minimum atomic E-state index is -0.175. The highest BCUT2D eigenvalue weighted by Crippen LogP contribution is 2.21. The Morgan fingerprint density at radius 3 is 2.76 bits per heavy atom. The lowest BCUT2D eigenvalue weighted by atomic mass is 9.87. The molecule has 1 saturated heterocycles. The Morgan fingerprint density at radius 2 is 2.12 bits per heavy atom. The summed E-state index contributed by atoms with van der Waals surface area (Å²) in [6, 6.07) is 5.10. The van der Waals surface area contributed by atoms with Gasteiger partial charge in [-0.1, -0.05) is 6.07 Å². The Bertz CT molecular complexity index is 374. The standard InChI is InChI=1S/C14H20FNO/c1-10-8-13(15)3-2-12(10)9-14(16)11-4-6-17-7-5-11/h2-3,8,11,14H,4-7,9,16H2,1H3. The second-order valence-electron chi connectivity index (χ2n) is 4.89. The first kappa shape index (κ1) is 12.5. The van der Waals surface area contributed by atoms with Crippen molar-refractivity contribution in [2.45, 2.75) is 32.2 Å². The number of hydrogen-bond donors (Lipinski definition) is 1. The van der Waals surface area contributed by atoms with Crippen LogP contribution in [0.3, 0.4) is 0 Å². The fraction of sp³-hybridized carbons (Fsp3) is 0.571. The number of aryl methyl sites for hydroxylation is 1. The molecule has 0 radical (unpaired) electrons. The lowest BCUT2D eigenvalue weighted by molar-refractivity contribution is 0.0584. The first-order valence-corrected chi connectivity index (χ1v) is 6.25. The molecular weight excluding hydrogens is 217 g/mol. The Morgan fingerprint density at radius 1 is 1.41 bits per heavy atom. The molecule has 3 heteroatoms. The molecule has 1 atom stereocenters. The number of benzene rings is 1. The molecule has 0 amide bonds. The van der Waals surface area contributed by atoms with Crippen molar-refractivity contribution in [2.24, 2.45) is 11.7 Å². The number of nitrogens with two attached hydrogens (primary N) is 1. The molecule has 1 fully saturated rings. The van der Waals surface area contributed by atoms with Gasteiger partial charge in [-0.25, -0.2) is 4.39 Å². The Kier molecular flexibility index (Phi) is 4.13. The van der Waals surface area contributed by atoms with Crippen LogP contribution < -0.4 is 5.73 Å². The molecule has 0 spiro atoms. The van der Waals surface area contributed by atoms with E-state index in [-0.39, 0.29) is 11.9 Å². The lowest BCUT2D eigenvalue weighted by Crippen LogP contribution is -2.36. The van der Waals surface area contributed by atoms with Gasteiger partial charge in [0.1, 0.15) is 5.82 Å². The summed E-state index contributed by atoms with van der Waals surface area (Å²) in [5.41, 5.74) is 8.39. The quantitative estimate of drug-likeness (QED) is 0.876. The highest BCUT2D eigenvalue weighted by Gasteiger charge is 2.21. The largest absolute Gasteiger partial charge is 0.381 e. The fourth-order valence-corrected chi connectivity index (χ4v) is 2.45. The summed E-state index contributed by atoms with van der Waals surface area (Å²) in [6.45, 7) is 3.58. The van der Waals surface area contributed by atoms with Crippen LogP contribution in [0.2, 0.25) is 0 Å². The highest BCUT2D eigenvalue weighted by molar-refractivity contribution is 5.27. The molecule has 1 unspecified atom stereocenters. The van der Waals surface area contributed by atoms with Gasteiger partial charge < -0.3 is 10.5 Å². The predicted molar refractivity (Wildman–Crippen MR) is 66.4 cm³/mol. The molecule has 1 heterocycles. The van der Waals surface area contributed by atoms with E-state index in [1.807, 2.05) is 13.0 Å². The Hall–Kier alpha value is -0.930. The van der Waals surface area contributed by atoms with Crippen molar-refractivity contribution in [3.63, 3.8) is 0 Å². The summed E-state index contributed by atoms with van der Waals surface area (Å²) in [4.78, 5) is 0. The number of halogens is 1. The molecule has 2 rings (SSSR count). The minimum Gasteiger partial charge on any atom is -0.381 e. The van der Waals surface area contributed by atoms with Gasteiger partial charge in [0.15, 0.2) is 0 Å². The van der Waals surface area contributed by atoms with Gasteiger partial charge in [-0.05, 0) is 55.4 Å². The van der Waals surface area contributed by atoms with Crippen LogP contribution in [-0.2, 0) is 11.2 Å². The van der Waals surface area contributed by atoms with E-state index in [1.165, 1.54) is 6.07 Å². The second kappa shape index (κ2) is 5.61. The van der Waals surface area contributed by atoms with Crippen LogP contribution in [-0.4, -0.2) is 19.3 Å². The third kappa shape index (κ3) is 3.27. The maximum absolute atomic E-state index is 13.0. The van der Waals surface area contributed by atoms with Gasteiger partial charge in [0.05, 0.1) is 0 Å². The topological polar surface area (TPSA) is 35.2 Å². The van der Waals surface area contributed by atoms with E-state index in [0.717, 1.165) is 43.6 Å². The van der Waals surface area contributed by atoms with E-state index in [0.29, 0.717) is 5.92 Å². The van der Waals surface area contributed by atoms with Gasteiger partial charge >= 0.3 is 0 Å². The van der Waals surface area contributed by atoms with Crippen LogP contribution in [0.4, 0.5) is 4.39 Å². The molecular formula is C14H20FNO. The number of ether oxygens (including phenoxy) is 1. The Labute approximate surface area is 102 Å². The van der Waals surface area contributed by atoms with Crippen LogP contribution in [0.15, 0.2) is 18.2 Å². The number of hydrogen-bond acceptors (Lipinski definition) is 2. The third-order valence-corrected chi connectivity index (χ3v) is 3.63. The zero-order valence-corrected chi connectivity index (χ0v) is 10.3. The van der Waals surface area contributed by atoms with E-state index in [4.69, 9.17) is 10.5 Å². The van der Waals surface area contributed by atoms with Gasteiger partial charge in [-0.15, -0.1) is 0 Å². The zero-order chi connectivity index (χ0) is 12.3. The average Bonchev–Trinajstić information content (AvgIpc) is 2.34. The van der Waals surface area contributed by atoms with E-state index in [9.17, 15) is 4.39 Å². The normalized spacial score (nSPS) is 19.2. The van der Waals surface area contributed by atoms with E-state index in [2.05, 4.69) is 0 Å². The number of rotatable bonds is 3. The van der Waals surface area contributed by atoms with Gasteiger partial charge in [0.25, 0.3) is 0 Å². The average molecular weight is 237 g/mol. The van der Waals surface area contributed by atoms with Crippen LogP contribution >= 0.6 is 0 Å². The van der Waals surface area contributed by atoms with E-state index >= 15 is 0 Å². The second-order valence-corrected chi connectivity index (χ2v) is 4.89.